The normalized spacial score (nSPS) is 19.2. The summed E-state index contributed by atoms with van der Waals surface area (Å²) in [7, 11) is 2.03. The summed E-state index contributed by atoms with van der Waals surface area (Å²) in [5, 5.41) is 11.8. The third kappa shape index (κ3) is 3.47. The molecule has 4 nitrogen and oxygen atoms in total. The van der Waals surface area contributed by atoms with Crippen molar-refractivity contribution in [2.45, 2.75) is 18.9 Å². The SMILES string of the molecule is CN(CC1CCCN1)c1ccc(Cl)nn1.Cl. The molecule has 1 fully saturated rings. The molecule has 0 bridgehead atoms. The lowest BCUT2D eigenvalue weighted by Gasteiger charge is -2.21. The summed E-state index contributed by atoms with van der Waals surface area (Å²) in [6, 6.07) is 4.24. The van der Waals surface area contributed by atoms with E-state index in [9.17, 15) is 0 Å². The summed E-state index contributed by atoms with van der Waals surface area (Å²) < 4.78 is 0. The van der Waals surface area contributed by atoms with Gasteiger partial charge in [0.15, 0.2) is 11.0 Å². The summed E-state index contributed by atoms with van der Waals surface area (Å²) >= 11 is 5.68. The zero-order valence-electron chi connectivity index (χ0n) is 9.19. The Morgan fingerprint density at radius 3 is 2.88 bits per heavy atom. The van der Waals surface area contributed by atoms with Crippen molar-refractivity contribution in [3.05, 3.63) is 17.3 Å². The van der Waals surface area contributed by atoms with Crippen LogP contribution in [-0.2, 0) is 0 Å². The van der Waals surface area contributed by atoms with Crippen molar-refractivity contribution in [2.24, 2.45) is 0 Å². The minimum absolute atomic E-state index is 0. The molecule has 0 radical (unpaired) electrons. The fourth-order valence-corrected chi connectivity index (χ4v) is 1.95. The van der Waals surface area contributed by atoms with Gasteiger partial charge in [0.1, 0.15) is 0 Å². The Morgan fingerprint density at radius 1 is 1.50 bits per heavy atom. The molecular weight excluding hydrogens is 247 g/mol. The fourth-order valence-electron chi connectivity index (χ4n) is 1.85. The molecule has 0 aliphatic carbocycles. The number of nitrogens with one attached hydrogen (secondary N) is 1. The highest BCUT2D eigenvalue weighted by Gasteiger charge is 2.16. The minimum Gasteiger partial charge on any atom is -0.357 e. The molecule has 1 atom stereocenters. The Labute approximate surface area is 107 Å². The van der Waals surface area contributed by atoms with E-state index in [1.165, 1.54) is 12.8 Å². The van der Waals surface area contributed by atoms with E-state index in [1.807, 2.05) is 13.1 Å². The summed E-state index contributed by atoms with van der Waals surface area (Å²) in [4.78, 5) is 2.10. The molecule has 0 amide bonds. The smallest absolute Gasteiger partial charge is 0.151 e. The molecule has 1 N–H and O–H groups in total. The third-order valence-corrected chi connectivity index (χ3v) is 2.87. The highest BCUT2D eigenvalue weighted by molar-refractivity contribution is 6.29. The number of hydrogen-bond acceptors (Lipinski definition) is 4. The molecule has 1 aromatic heterocycles. The molecule has 6 heteroatoms. The topological polar surface area (TPSA) is 41.0 Å². The summed E-state index contributed by atoms with van der Waals surface area (Å²) in [6.45, 7) is 2.10. The van der Waals surface area contributed by atoms with Crippen LogP contribution in [0.1, 0.15) is 12.8 Å². The zero-order chi connectivity index (χ0) is 10.7. The van der Waals surface area contributed by atoms with Crippen molar-refractivity contribution in [1.29, 1.82) is 0 Å². The van der Waals surface area contributed by atoms with E-state index in [0.29, 0.717) is 11.2 Å². The summed E-state index contributed by atoms with van der Waals surface area (Å²) in [5.41, 5.74) is 0. The maximum atomic E-state index is 5.68. The number of hydrogen-bond donors (Lipinski definition) is 1. The first-order valence-electron chi connectivity index (χ1n) is 5.19. The van der Waals surface area contributed by atoms with Gasteiger partial charge in [0, 0.05) is 19.6 Å². The minimum atomic E-state index is 0. The summed E-state index contributed by atoms with van der Waals surface area (Å²) in [5.74, 6) is 0.869. The van der Waals surface area contributed by atoms with Crippen LogP contribution < -0.4 is 10.2 Å². The number of likely N-dealkylation sites (N-methyl/N-ethyl adjacent to an activating group) is 1. The van der Waals surface area contributed by atoms with Crippen LogP contribution in [0, 0.1) is 0 Å². The first-order chi connectivity index (χ1) is 7.25. The second-order valence-corrected chi connectivity index (χ2v) is 4.28. The Balaban J connectivity index is 0.00000128. The second kappa shape index (κ2) is 6.23. The number of rotatable bonds is 3. The van der Waals surface area contributed by atoms with Gasteiger partial charge in [0.2, 0.25) is 0 Å². The Kier molecular flexibility index (Phi) is 5.25. The van der Waals surface area contributed by atoms with E-state index in [2.05, 4.69) is 20.4 Å². The predicted octanol–water partition coefficient (Wildman–Crippen LogP) is 1.74. The molecule has 1 aliphatic rings. The molecule has 0 aromatic carbocycles. The highest BCUT2D eigenvalue weighted by Crippen LogP contribution is 2.13. The van der Waals surface area contributed by atoms with Crippen molar-refractivity contribution >= 4 is 29.8 Å². The van der Waals surface area contributed by atoms with Crippen LogP contribution >= 0.6 is 24.0 Å². The van der Waals surface area contributed by atoms with Gasteiger partial charge in [-0.1, -0.05) is 11.6 Å². The molecular formula is C10H16Cl2N4. The molecule has 1 aromatic rings. The third-order valence-electron chi connectivity index (χ3n) is 2.67. The van der Waals surface area contributed by atoms with E-state index >= 15 is 0 Å². The number of halogens is 2. The number of nitrogens with zero attached hydrogens (tertiary/aromatic N) is 3. The molecule has 2 heterocycles. The van der Waals surface area contributed by atoms with E-state index in [-0.39, 0.29) is 12.4 Å². The van der Waals surface area contributed by atoms with Gasteiger partial charge in [0.25, 0.3) is 0 Å². The van der Waals surface area contributed by atoms with Crippen LogP contribution in [0.4, 0.5) is 5.82 Å². The van der Waals surface area contributed by atoms with Gasteiger partial charge < -0.3 is 10.2 Å². The molecule has 1 saturated heterocycles. The molecule has 1 aliphatic heterocycles. The monoisotopic (exact) mass is 262 g/mol. The maximum Gasteiger partial charge on any atom is 0.151 e. The maximum absolute atomic E-state index is 5.68. The first kappa shape index (κ1) is 13.5. The van der Waals surface area contributed by atoms with Crippen LogP contribution in [0.2, 0.25) is 5.15 Å². The van der Waals surface area contributed by atoms with Gasteiger partial charge in [0.05, 0.1) is 0 Å². The Hall–Kier alpha value is -0.580. The van der Waals surface area contributed by atoms with E-state index in [0.717, 1.165) is 18.9 Å². The van der Waals surface area contributed by atoms with Crippen molar-refractivity contribution < 1.29 is 0 Å². The molecule has 16 heavy (non-hydrogen) atoms. The molecule has 0 spiro atoms. The predicted molar refractivity (Wildman–Crippen MR) is 68.6 cm³/mol. The number of anilines is 1. The van der Waals surface area contributed by atoms with Crippen LogP contribution in [0.15, 0.2) is 12.1 Å². The molecule has 2 rings (SSSR count). The largest absolute Gasteiger partial charge is 0.357 e. The molecule has 1 unspecified atom stereocenters. The average molecular weight is 263 g/mol. The van der Waals surface area contributed by atoms with Crippen LogP contribution in [0.3, 0.4) is 0 Å². The quantitative estimate of drug-likeness (QED) is 0.901. The van der Waals surface area contributed by atoms with E-state index < -0.39 is 0 Å². The first-order valence-corrected chi connectivity index (χ1v) is 5.57. The van der Waals surface area contributed by atoms with Gasteiger partial charge in [-0.25, -0.2) is 0 Å². The van der Waals surface area contributed by atoms with Gasteiger partial charge in [-0.2, -0.15) is 0 Å². The lowest BCUT2D eigenvalue weighted by molar-refractivity contribution is 0.596. The second-order valence-electron chi connectivity index (χ2n) is 3.89. The highest BCUT2D eigenvalue weighted by atomic mass is 35.5. The standard InChI is InChI=1S/C10H15ClN4.ClH/c1-15(7-8-3-2-6-12-8)10-5-4-9(11)13-14-10;/h4-5,8,12H,2-3,6-7H2,1H3;1H. The number of aromatic nitrogens is 2. The van der Waals surface area contributed by atoms with Crippen LogP contribution in [0.25, 0.3) is 0 Å². The van der Waals surface area contributed by atoms with Crippen molar-refractivity contribution in [1.82, 2.24) is 15.5 Å². The zero-order valence-corrected chi connectivity index (χ0v) is 10.8. The van der Waals surface area contributed by atoms with Gasteiger partial charge in [-0.05, 0) is 31.5 Å². The lowest BCUT2D eigenvalue weighted by atomic mass is 10.2. The van der Waals surface area contributed by atoms with Crippen molar-refractivity contribution in [3.63, 3.8) is 0 Å². The average Bonchev–Trinajstić information content (AvgIpc) is 2.71. The van der Waals surface area contributed by atoms with Gasteiger partial charge in [-0.3, -0.25) is 0 Å². The van der Waals surface area contributed by atoms with Crippen LogP contribution in [-0.4, -0.2) is 36.4 Å². The van der Waals surface area contributed by atoms with Crippen LogP contribution in [0.5, 0.6) is 0 Å². The Morgan fingerprint density at radius 2 is 2.31 bits per heavy atom. The summed E-state index contributed by atoms with van der Waals surface area (Å²) in [6.07, 6.45) is 2.51. The lowest BCUT2D eigenvalue weighted by Crippen LogP contribution is -2.35. The van der Waals surface area contributed by atoms with Gasteiger partial charge >= 0.3 is 0 Å². The van der Waals surface area contributed by atoms with Crippen molar-refractivity contribution in [3.8, 4) is 0 Å². The molecule has 90 valence electrons. The van der Waals surface area contributed by atoms with Crippen molar-refractivity contribution in [2.75, 3.05) is 25.0 Å². The van der Waals surface area contributed by atoms with E-state index in [4.69, 9.17) is 11.6 Å². The van der Waals surface area contributed by atoms with E-state index in [1.54, 1.807) is 6.07 Å². The fraction of sp³-hybridized carbons (Fsp3) is 0.600. The Bertz CT molecular complexity index is 311. The van der Waals surface area contributed by atoms with Gasteiger partial charge in [-0.15, -0.1) is 22.6 Å². The molecule has 0 saturated carbocycles.